The van der Waals surface area contributed by atoms with E-state index in [0.29, 0.717) is 5.56 Å². The van der Waals surface area contributed by atoms with Gasteiger partial charge < -0.3 is 0 Å². The number of hydrogen-bond donors (Lipinski definition) is 0. The standard InChI is InChI=1S/C9H10ClNO4S/c1-6(2)8-5-7(11(12)13)3-4-9(8)16(10,14)15/h3-6H,1-2H3. The summed E-state index contributed by atoms with van der Waals surface area (Å²) in [6.07, 6.45) is 0. The molecule has 0 bridgehead atoms. The molecule has 0 aliphatic rings. The molecule has 1 aromatic rings. The zero-order chi connectivity index (χ0) is 12.5. The van der Waals surface area contributed by atoms with Crippen LogP contribution in [0.25, 0.3) is 0 Å². The summed E-state index contributed by atoms with van der Waals surface area (Å²) in [6, 6.07) is 3.52. The molecule has 0 N–H and O–H groups in total. The fourth-order valence-corrected chi connectivity index (χ4v) is 2.55. The SMILES string of the molecule is CC(C)c1cc([N+](=O)[O-])ccc1S(=O)(=O)Cl. The number of nitro benzene ring substituents is 1. The van der Waals surface area contributed by atoms with Gasteiger partial charge in [0.15, 0.2) is 0 Å². The third kappa shape index (κ3) is 2.70. The van der Waals surface area contributed by atoms with Gasteiger partial charge in [-0.2, -0.15) is 0 Å². The van der Waals surface area contributed by atoms with Crippen LogP contribution in [0, 0.1) is 10.1 Å². The van der Waals surface area contributed by atoms with Crippen LogP contribution in [0.4, 0.5) is 5.69 Å². The van der Waals surface area contributed by atoms with E-state index in [9.17, 15) is 18.5 Å². The first-order valence-electron chi connectivity index (χ1n) is 4.46. The molecule has 1 aromatic carbocycles. The van der Waals surface area contributed by atoms with Crippen LogP contribution in [0.2, 0.25) is 0 Å². The maximum Gasteiger partial charge on any atom is 0.269 e. The minimum absolute atomic E-state index is 0.0743. The second kappa shape index (κ2) is 4.39. The van der Waals surface area contributed by atoms with Crippen molar-refractivity contribution in [3.8, 4) is 0 Å². The Morgan fingerprint density at radius 2 is 1.94 bits per heavy atom. The Morgan fingerprint density at radius 1 is 1.38 bits per heavy atom. The number of rotatable bonds is 3. The molecule has 0 aliphatic heterocycles. The van der Waals surface area contributed by atoms with E-state index in [1.807, 2.05) is 0 Å². The molecule has 5 nitrogen and oxygen atoms in total. The predicted octanol–water partition coefficient (Wildman–Crippen LogP) is 2.65. The first-order chi connectivity index (χ1) is 7.23. The van der Waals surface area contributed by atoms with E-state index in [4.69, 9.17) is 10.7 Å². The molecule has 0 amide bonds. The number of hydrogen-bond acceptors (Lipinski definition) is 4. The summed E-state index contributed by atoms with van der Waals surface area (Å²) >= 11 is 0. The van der Waals surface area contributed by atoms with Gasteiger partial charge in [-0.1, -0.05) is 13.8 Å². The van der Waals surface area contributed by atoms with Gasteiger partial charge in [0.1, 0.15) is 0 Å². The van der Waals surface area contributed by atoms with E-state index in [2.05, 4.69) is 0 Å². The predicted molar refractivity (Wildman–Crippen MR) is 60.2 cm³/mol. The van der Waals surface area contributed by atoms with Crippen molar-refractivity contribution in [1.29, 1.82) is 0 Å². The van der Waals surface area contributed by atoms with Crippen molar-refractivity contribution in [2.45, 2.75) is 24.7 Å². The largest absolute Gasteiger partial charge is 0.269 e. The topological polar surface area (TPSA) is 77.3 Å². The van der Waals surface area contributed by atoms with Crippen LogP contribution < -0.4 is 0 Å². The zero-order valence-corrected chi connectivity index (χ0v) is 10.2. The lowest BCUT2D eigenvalue weighted by Gasteiger charge is -2.09. The molecule has 1 rings (SSSR count). The smallest absolute Gasteiger partial charge is 0.258 e. The molecule has 0 aliphatic carbocycles. The van der Waals surface area contributed by atoms with Crippen LogP contribution in [-0.4, -0.2) is 13.3 Å². The summed E-state index contributed by atoms with van der Waals surface area (Å²) in [5.74, 6) is -0.163. The third-order valence-electron chi connectivity index (χ3n) is 2.09. The van der Waals surface area contributed by atoms with Crippen LogP contribution in [0.5, 0.6) is 0 Å². The Kier molecular flexibility index (Phi) is 3.54. The Balaban J connectivity index is 3.49. The molecule has 0 radical (unpaired) electrons. The molecule has 0 atom stereocenters. The number of non-ortho nitro benzene ring substituents is 1. The third-order valence-corrected chi connectivity index (χ3v) is 3.48. The molecule has 0 aromatic heterocycles. The van der Waals surface area contributed by atoms with Crippen molar-refractivity contribution in [1.82, 2.24) is 0 Å². The minimum atomic E-state index is -3.87. The highest BCUT2D eigenvalue weighted by atomic mass is 35.7. The molecule has 88 valence electrons. The van der Waals surface area contributed by atoms with Crippen molar-refractivity contribution in [2.24, 2.45) is 0 Å². The maximum absolute atomic E-state index is 11.2. The molecular weight excluding hydrogens is 254 g/mol. The van der Waals surface area contributed by atoms with E-state index in [1.165, 1.54) is 6.07 Å². The van der Waals surface area contributed by atoms with Crippen LogP contribution in [0.1, 0.15) is 25.3 Å². The maximum atomic E-state index is 11.2. The van der Waals surface area contributed by atoms with E-state index >= 15 is 0 Å². The van der Waals surface area contributed by atoms with Crippen molar-refractivity contribution < 1.29 is 13.3 Å². The summed E-state index contributed by atoms with van der Waals surface area (Å²) in [4.78, 5) is 9.91. The summed E-state index contributed by atoms with van der Waals surface area (Å²) in [5.41, 5.74) is 0.206. The van der Waals surface area contributed by atoms with Gasteiger partial charge in [-0.05, 0) is 17.5 Å². The van der Waals surface area contributed by atoms with Gasteiger partial charge >= 0.3 is 0 Å². The first kappa shape index (κ1) is 12.9. The molecular formula is C9H10ClNO4S. The van der Waals surface area contributed by atoms with Gasteiger partial charge in [0.2, 0.25) is 0 Å². The average Bonchev–Trinajstić information content (AvgIpc) is 2.15. The lowest BCUT2D eigenvalue weighted by Crippen LogP contribution is -2.01. The van der Waals surface area contributed by atoms with E-state index < -0.39 is 14.0 Å². The normalized spacial score (nSPS) is 11.8. The van der Waals surface area contributed by atoms with Crippen LogP contribution in [0.15, 0.2) is 23.1 Å². The highest BCUT2D eigenvalue weighted by molar-refractivity contribution is 8.13. The van der Waals surface area contributed by atoms with Crippen molar-refractivity contribution in [3.63, 3.8) is 0 Å². The van der Waals surface area contributed by atoms with Crippen LogP contribution in [-0.2, 0) is 9.05 Å². The molecule has 0 fully saturated rings. The summed E-state index contributed by atoms with van der Waals surface area (Å²) < 4.78 is 22.5. The Labute approximate surface area is 97.6 Å². The van der Waals surface area contributed by atoms with Gasteiger partial charge in [0.25, 0.3) is 14.7 Å². The summed E-state index contributed by atoms with van der Waals surface area (Å²) in [6.45, 7) is 3.48. The van der Waals surface area contributed by atoms with Gasteiger partial charge in [-0.3, -0.25) is 10.1 Å². The Hall–Kier alpha value is -1.14. The van der Waals surface area contributed by atoms with Crippen molar-refractivity contribution >= 4 is 25.4 Å². The first-order valence-corrected chi connectivity index (χ1v) is 6.77. The molecule has 0 unspecified atom stereocenters. The molecule has 0 saturated heterocycles. The lowest BCUT2D eigenvalue weighted by molar-refractivity contribution is -0.385. The van der Waals surface area contributed by atoms with E-state index in [-0.39, 0.29) is 16.5 Å². The molecule has 0 spiro atoms. The highest BCUT2D eigenvalue weighted by Gasteiger charge is 2.20. The zero-order valence-electron chi connectivity index (χ0n) is 8.68. The molecule has 16 heavy (non-hydrogen) atoms. The molecule has 7 heteroatoms. The van der Waals surface area contributed by atoms with Crippen LogP contribution in [0.3, 0.4) is 0 Å². The average molecular weight is 264 g/mol. The fourth-order valence-electron chi connectivity index (χ4n) is 1.32. The summed E-state index contributed by atoms with van der Waals surface area (Å²) in [7, 11) is 1.37. The Bertz CT molecular complexity index is 524. The van der Waals surface area contributed by atoms with E-state index in [1.54, 1.807) is 13.8 Å². The number of nitro groups is 1. The van der Waals surface area contributed by atoms with Crippen molar-refractivity contribution in [3.05, 3.63) is 33.9 Å². The quantitative estimate of drug-likeness (QED) is 0.477. The lowest BCUT2D eigenvalue weighted by atomic mass is 10.0. The Morgan fingerprint density at radius 3 is 2.31 bits per heavy atom. The molecule has 0 saturated carbocycles. The van der Waals surface area contributed by atoms with Gasteiger partial charge in [-0.25, -0.2) is 8.42 Å². The van der Waals surface area contributed by atoms with E-state index in [0.717, 1.165) is 12.1 Å². The van der Waals surface area contributed by atoms with Gasteiger partial charge in [0, 0.05) is 22.8 Å². The number of benzene rings is 1. The van der Waals surface area contributed by atoms with Crippen molar-refractivity contribution in [2.75, 3.05) is 0 Å². The second-order valence-corrected chi connectivity index (χ2v) is 6.11. The number of halogens is 1. The fraction of sp³-hybridized carbons (Fsp3) is 0.333. The monoisotopic (exact) mass is 263 g/mol. The summed E-state index contributed by atoms with van der Waals surface area (Å²) in [5, 5.41) is 10.6. The number of nitrogens with zero attached hydrogens (tertiary/aromatic N) is 1. The van der Waals surface area contributed by atoms with Gasteiger partial charge in [-0.15, -0.1) is 0 Å². The second-order valence-electron chi connectivity index (χ2n) is 3.57. The van der Waals surface area contributed by atoms with Gasteiger partial charge in [0.05, 0.1) is 9.82 Å². The van der Waals surface area contributed by atoms with Crippen LogP contribution >= 0.6 is 10.7 Å². The molecule has 0 heterocycles. The minimum Gasteiger partial charge on any atom is -0.258 e. The highest BCUT2D eigenvalue weighted by Crippen LogP contribution is 2.29.